The average molecular weight is 229 g/mol. The van der Waals surface area contributed by atoms with Crippen LogP contribution in [0.3, 0.4) is 0 Å². The summed E-state index contributed by atoms with van der Waals surface area (Å²) < 4.78 is 0. The van der Waals surface area contributed by atoms with Crippen LogP contribution in [0, 0.1) is 0 Å². The summed E-state index contributed by atoms with van der Waals surface area (Å²) in [7, 11) is 0. The molecule has 4 heteroatoms. The smallest absolute Gasteiger partial charge is 0.0926 e. The van der Waals surface area contributed by atoms with Gasteiger partial charge in [0.2, 0.25) is 0 Å². The van der Waals surface area contributed by atoms with Gasteiger partial charge in [-0.15, -0.1) is 0 Å². The zero-order chi connectivity index (χ0) is 10.1. The molecule has 1 aliphatic heterocycles. The first-order chi connectivity index (χ1) is 6.66. The van der Waals surface area contributed by atoms with Crippen molar-refractivity contribution in [2.75, 3.05) is 6.54 Å². The summed E-state index contributed by atoms with van der Waals surface area (Å²) in [4.78, 5) is 0. The summed E-state index contributed by atoms with van der Waals surface area (Å²) >= 11 is 11.8. The maximum absolute atomic E-state index is 5.92. The highest BCUT2D eigenvalue weighted by Gasteiger charge is 2.15. The molecule has 2 nitrogen and oxygen atoms in total. The molecule has 0 aliphatic carbocycles. The van der Waals surface area contributed by atoms with Gasteiger partial charge in [0, 0.05) is 12.5 Å². The van der Waals surface area contributed by atoms with Crippen molar-refractivity contribution in [3.63, 3.8) is 0 Å². The molecule has 0 radical (unpaired) electrons. The van der Waals surface area contributed by atoms with Crippen molar-refractivity contribution in [1.29, 1.82) is 0 Å². The van der Waals surface area contributed by atoms with E-state index < -0.39 is 0 Å². The average Bonchev–Trinajstić information content (AvgIpc) is 2.57. The van der Waals surface area contributed by atoms with Gasteiger partial charge in [-0.25, -0.2) is 0 Å². The molecule has 2 rings (SSSR count). The third-order valence-electron chi connectivity index (χ3n) is 2.28. The van der Waals surface area contributed by atoms with Gasteiger partial charge in [-0.3, -0.25) is 0 Å². The second-order valence-electron chi connectivity index (χ2n) is 3.28. The van der Waals surface area contributed by atoms with Crippen LogP contribution in [0.1, 0.15) is 11.5 Å². The Morgan fingerprint density at radius 3 is 2.64 bits per heavy atom. The van der Waals surface area contributed by atoms with Crippen molar-refractivity contribution in [1.82, 2.24) is 5.32 Å². The first-order valence-electron chi connectivity index (χ1n) is 4.33. The van der Waals surface area contributed by atoms with E-state index >= 15 is 0 Å². The second-order valence-corrected chi connectivity index (χ2v) is 4.10. The first-order valence-corrected chi connectivity index (χ1v) is 5.08. The lowest BCUT2D eigenvalue weighted by Crippen LogP contribution is -2.15. The summed E-state index contributed by atoms with van der Waals surface area (Å²) in [5, 5.41) is 4.23. The van der Waals surface area contributed by atoms with Gasteiger partial charge < -0.3 is 11.1 Å². The Balaban J connectivity index is 2.29. The van der Waals surface area contributed by atoms with Crippen LogP contribution in [0.4, 0.5) is 0 Å². The molecule has 0 amide bonds. The van der Waals surface area contributed by atoms with E-state index in [4.69, 9.17) is 28.9 Å². The van der Waals surface area contributed by atoms with Gasteiger partial charge in [0.15, 0.2) is 0 Å². The lowest BCUT2D eigenvalue weighted by molar-refractivity contribution is 0.791. The molecular formula is C10H10Cl2N2. The molecule has 74 valence electrons. The van der Waals surface area contributed by atoms with Gasteiger partial charge in [-0.05, 0) is 23.8 Å². The first kappa shape index (κ1) is 9.69. The summed E-state index contributed by atoms with van der Waals surface area (Å²) in [5.74, 6) is 1.02. The maximum Gasteiger partial charge on any atom is 0.0926 e. The predicted molar refractivity (Wildman–Crippen MR) is 59.5 cm³/mol. The number of hydrogen-bond donors (Lipinski definition) is 2. The largest absolute Gasteiger partial charge is 0.386 e. The minimum Gasteiger partial charge on any atom is -0.386 e. The monoisotopic (exact) mass is 228 g/mol. The van der Waals surface area contributed by atoms with Crippen LogP contribution >= 0.6 is 23.2 Å². The highest BCUT2D eigenvalue weighted by Crippen LogP contribution is 2.28. The SMILES string of the molecule is NC1=CC(c2ccc(Cl)c(Cl)c2)CN1. The van der Waals surface area contributed by atoms with Gasteiger partial charge >= 0.3 is 0 Å². The second kappa shape index (κ2) is 3.71. The van der Waals surface area contributed by atoms with Crippen molar-refractivity contribution < 1.29 is 0 Å². The predicted octanol–water partition coefficient (Wildman–Crippen LogP) is 2.48. The van der Waals surface area contributed by atoms with E-state index in [-0.39, 0.29) is 0 Å². The fourth-order valence-corrected chi connectivity index (χ4v) is 1.83. The minimum absolute atomic E-state index is 0.296. The fourth-order valence-electron chi connectivity index (χ4n) is 1.52. The van der Waals surface area contributed by atoms with Gasteiger partial charge in [-0.1, -0.05) is 29.3 Å². The molecule has 1 aromatic carbocycles. The lowest BCUT2D eigenvalue weighted by Gasteiger charge is -2.08. The molecule has 14 heavy (non-hydrogen) atoms. The Kier molecular flexibility index (Phi) is 2.57. The summed E-state index contributed by atoms with van der Waals surface area (Å²) in [6.07, 6.45) is 1.99. The molecule has 0 saturated carbocycles. The van der Waals surface area contributed by atoms with Crippen molar-refractivity contribution in [2.45, 2.75) is 5.92 Å². The lowest BCUT2D eigenvalue weighted by atomic mass is 10.0. The molecule has 1 aliphatic rings. The van der Waals surface area contributed by atoms with Gasteiger partial charge in [0.1, 0.15) is 0 Å². The molecule has 1 atom stereocenters. The minimum atomic E-state index is 0.296. The molecule has 0 spiro atoms. The molecular weight excluding hydrogens is 219 g/mol. The topological polar surface area (TPSA) is 38.0 Å². The molecule has 0 aromatic heterocycles. The van der Waals surface area contributed by atoms with Gasteiger partial charge in [-0.2, -0.15) is 0 Å². The molecule has 0 fully saturated rings. The molecule has 3 N–H and O–H groups in total. The van der Waals surface area contributed by atoms with Crippen LogP contribution in [0.5, 0.6) is 0 Å². The van der Waals surface area contributed by atoms with Crippen molar-refractivity contribution in [3.8, 4) is 0 Å². The Morgan fingerprint density at radius 1 is 1.29 bits per heavy atom. The van der Waals surface area contributed by atoms with E-state index in [1.54, 1.807) is 0 Å². The van der Waals surface area contributed by atoms with Gasteiger partial charge in [0.05, 0.1) is 15.9 Å². The Labute approximate surface area is 92.7 Å². The van der Waals surface area contributed by atoms with Crippen LogP contribution in [0.15, 0.2) is 30.1 Å². The van der Waals surface area contributed by atoms with E-state index in [1.165, 1.54) is 0 Å². The summed E-state index contributed by atoms with van der Waals surface area (Å²) in [6, 6.07) is 5.66. The molecule has 1 aromatic rings. The fraction of sp³-hybridized carbons (Fsp3) is 0.200. The Hall–Kier alpha value is -0.860. The van der Waals surface area contributed by atoms with Gasteiger partial charge in [0.25, 0.3) is 0 Å². The van der Waals surface area contributed by atoms with E-state index in [0.717, 1.165) is 17.9 Å². The zero-order valence-corrected chi connectivity index (χ0v) is 8.94. The quantitative estimate of drug-likeness (QED) is 0.776. The number of benzene rings is 1. The van der Waals surface area contributed by atoms with E-state index in [1.807, 2.05) is 24.3 Å². The molecule has 1 heterocycles. The van der Waals surface area contributed by atoms with Crippen LogP contribution in [0.2, 0.25) is 10.0 Å². The summed E-state index contributed by atoms with van der Waals surface area (Å²) in [6.45, 7) is 0.823. The van der Waals surface area contributed by atoms with E-state index in [2.05, 4.69) is 5.32 Å². The van der Waals surface area contributed by atoms with E-state index in [9.17, 15) is 0 Å². The number of rotatable bonds is 1. The number of halogens is 2. The van der Waals surface area contributed by atoms with Crippen LogP contribution in [-0.4, -0.2) is 6.54 Å². The van der Waals surface area contributed by atoms with Crippen LogP contribution in [0.25, 0.3) is 0 Å². The number of nitrogens with one attached hydrogen (secondary N) is 1. The summed E-state index contributed by atoms with van der Waals surface area (Å²) in [5.41, 5.74) is 6.75. The number of nitrogens with two attached hydrogens (primary N) is 1. The third kappa shape index (κ3) is 1.81. The van der Waals surface area contributed by atoms with Crippen molar-refractivity contribution >= 4 is 23.2 Å². The Morgan fingerprint density at radius 2 is 2.07 bits per heavy atom. The Bertz CT molecular complexity index is 388. The molecule has 1 unspecified atom stereocenters. The highest BCUT2D eigenvalue weighted by atomic mass is 35.5. The normalized spacial score (nSPS) is 20.4. The van der Waals surface area contributed by atoms with Crippen molar-refractivity contribution in [3.05, 3.63) is 45.7 Å². The number of hydrogen-bond acceptors (Lipinski definition) is 2. The van der Waals surface area contributed by atoms with Crippen LogP contribution in [-0.2, 0) is 0 Å². The van der Waals surface area contributed by atoms with Crippen molar-refractivity contribution in [2.24, 2.45) is 5.73 Å². The molecule has 0 saturated heterocycles. The molecule has 0 bridgehead atoms. The van der Waals surface area contributed by atoms with Crippen LogP contribution < -0.4 is 11.1 Å². The third-order valence-corrected chi connectivity index (χ3v) is 3.02. The highest BCUT2D eigenvalue weighted by molar-refractivity contribution is 6.42. The standard InChI is InChI=1S/C10H10Cl2N2/c11-8-2-1-6(3-9(8)12)7-4-10(13)14-5-7/h1-4,7,14H,5,13H2. The zero-order valence-electron chi connectivity index (χ0n) is 7.43. The van der Waals surface area contributed by atoms with E-state index in [0.29, 0.717) is 16.0 Å². The maximum atomic E-state index is 5.92.